The lowest BCUT2D eigenvalue weighted by molar-refractivity contribution is 0.0784. The van der Waals surface area contributed by atoms with Crippen molar-refractivity contribution in [3.05, 3.63) is 77.0 Å². The number of amides is 1. The summed E-state index contributed by atoms with van der Waals surface area (Å²) in [4.78, 5) is 19.2. The van der Waals surface area contributed by atoms with E-state index in [4.69, 9.17) is 4.74 Å². The number of H-pyrrole nitrogens is 1. The van der Waals surface area contributed by atoms with Gasteiger partial charge in [0.2, 0.25) is 0 Å². The van der Waals surface area contributed by atoms with Gasteiger partial charge in [-0.2, -0.15) is 5.10 Å². The van der Waals surface area contributed by atoms with E-state index in [1.54, 1.807) is 30.4 Å². The SMILES string of the molecule is Cc1cccc(-c2c(F)cc(C(=O)N(C)Cc3cnc(C)c4cn[nH]c34)cc2OC2CC2)c1. The van der Waals surface area contributed by atoms with Gasteiger partial charge in [-0.05, 0) is 44.4 Å². The van der Waals surface area contributed by atoms with Crippen molar-refractivity contribution in [3.8, 4) is 16.9 Å². The molecule has 0 radical (unpaired) electrons. The van der Waals surface area contributed by atoms with Gasteiger partial charge in [-0.25, -0.2) is 4.39 Å². The molecule has 0 atom stereocenters. The standard InChI is InChI=1S/C26H25FN4O2/c1-15-5-4-6-17(9-15)24-22(27)10-18(11-23(24)33-20-7-8-20)26(32)31(3)14-19-12-28-16(2)21-13-29-30-25(19)21/h4-6,9-13,20H,7-8,14H2,1-3H3,(H,29,30). The Balaban J connectivity index is 1.47. The number of aromatic nitrogens is 3. The lowest BCUT2D eigenvalue weighted by Gasteiger charge is -2.20. The van der Waals surface area contributed by atoms with Gasteiger partial charge in [0.25, 0.3) is 5.91 Å². The van der Waals surface area contributed by atoms with Crippen LogP contribution in [0.5, 0.6) is 5.75 Å². The quantitative estimate of drug-likeness (QED) is 0.444. The van der Waals surface area contributed by atoms with Crippen LogP contribution in [0.4, 0.5) is 4.39 Å². The molecular weight excluding hydrogens is 419 g/mol. The summed E-state index contributed by atoms with van der Waals surface area (Å²) in [6.45, 7) is 4.19. The van der Waals surface area contributed by atoms with Crippen molar-refractivity contribution in [2.75, 3.05) is 7.05 Å². The van der Waals surface area contributed by atoms with E-state index in [0.717, 1.165) is 46.1 Å². The molecule has 6 nitrogen and oxygen atoms in total. The molecular formula is C26H25FN4O2. The van der Waals surface area contributed by atoms with Crippen LogP contribution >= 0.6 is 0 Å². The zero-order valence-electron chi connectivity index (χ0n) is 18.9. The van der Waals surface area contributed by atoms with Gasteiger partial charge in [0.15, 0.2) is 0 Å². The van der Waals surface area contributed by atoms with Gasteiger partial charge in [0.05, 0.1) is 23.4 Å². The summed E-state index contributed by atoms with van der Waals surface area (Å²) in [7, 11) is 1.69. The average Bonchev–Trinajstić information content (AvgIpc) is 3.45. The molecule has 168 valence electrons. The number of rotatable bonds is 6. The van der Waals surface area contributed by atoms with Crippen LogP contribution in [0.2, 0.25) is 0 Å². The third kappa shape index (κ3) is 4.18. The lowest BCUT2D eigenvalue weighted by Crippen LogP contribution is -2.26. The Morgan fingerprint density at radius 2 is 2.03 bits per heavy atom. The molecule has 1 aliphatic carbocycles. The van der Waals surface area contributed by atoms with E-state index in [2.05, 4.69) is 15.2 Å². The van der Waals surface area contributed by atoms with Crippen LogP contribution in [-0.4, -0.2) is 39.1 Å². The minimum Gasteiger partial charge on any atom is -0.490 e. The topological polar surface area (TPSA) is 71.1 Å². The Morgan fingerprint density at radius 1 is 1.21 bits per heavy atom. The van der Waals surface area contributed by atoms with Crippen molar-refractivity contribution >= 4 is 16.8 Å². The summed E-state index contributed by atoms with van der Waals surface area (Å²) in [6.07, 6.45) is 5.41. The summed E-state index contributed by atoms with van der Waals surface area (Å²) in [5, 5.41) is 8.00. The van der Waals surface area contributed by atoms with Crippen molar-refractivity contribution in [1.82, 2.24) is 20.1 Å². The first-order chi connectivity index (χ1) is 15.9. The number of aromatic amines is 1. The molecule has 2 aromatic heterocycles. The molecule has 5 rings (SSSR count). The molecule has 2 heterocycles. The number of benzene rings is 2. The van der Waals surface area contributed by atoms with Gasteiger partial charge in [-0.15, -0.1) is 0 Å². The number of hydrogen-bond donors (Lipinski definition) is 1. The van der Waals surface area contributed by atoms with Gasteiger partial charge in [0.1, 0.15) is 11.6 Å². The fraction of sp³-hybridized carbons (Fsp3) is 0.269. The number of aryl methyl sites for hydroxylation is 2. The van der Waals surface area contributed by atoms with Crippen LogP contribution in [0, 0.1) is 19.7 Å². The number of ether oxygens (including phenoxy) is 1. The van der Waals surface area contributed by atoms with E-state index in [9.17, 15) is 4.79 Å². The van der Waals surface area contributed by atoms with Crippen LogP contribution in [0.1, 0.15) is 40.0 Å². The van der Waals surface area contributed by atoms with Crippen LogP contribution in [-0.2, 0) is 6.54 Å². The highest BCUT2D eigenvalue weighted by Gasteiger charge is 2.27. The largest absolute Gasteiger partial charge is 0.490 e. The second kappa shape index (κ2) is 8.31. The third-order valence-corrected chi connectivity index (χ3v) is 5.94. The highest BCUT2D eigenvalue weighted by molar-refractivity contribution is 5.96. The average molecular weight is 445 g/mol. The number of carbonyl (C=O) groups is 1. The van der Waals surface area contributed by atoms with E-state index >= 15 is 4.39 Å². The van der Waals surface area contributed by atoms with Crippen molar-refractivity contribution in [1.29, 1.82) is 0 Å². The van der Waals surface area contributed by atoms with Gasteiger partial charge >= 0.3 is 0 Å². The molecule has 0 bridgehead atoms. The number of pyridine rings is 1. The van der Waals surface area contributed by atoms with Gasteiger partial charge in [0, 0.05) is 42.0 Å². The molecule has 33 heavy (non-hydrogen) atoms. The number of hydrogen-bond acceptors (Lipinski definition) is 4. The minimum absolute atomic E-state index is 0.0725. The molecule has 1 aliphatic rings. The van der Waals surface area contributed by atoms with Crippen molar-refractivity contribution in [3.63, 3.8) is 0 Å². The Labute approximate surface area is 191 Å². The number of fused-ring (bicyclic) bond motifs is 1. The van der Waals surface area contributed by atoms with E-state index in [-0.39, 0.29) is 17.6 Å². The normalized spacial score (nSPS) is 13.3. The molecule has 1 N–H and O–H groups in total. The van der Waals surface area contributed by atoms with Crippen LogP contribution < -0.4 is 4.74 Å². The predicted octanol–water partition coefficient (Wildman–Crippen LogP) is 5.19. The van der Waals surface area contributed by atoms with Gasteiger partial charge in [-0.3, -0.25) is 14.9 Å². The van der Waals surface area contributed by atoms with Gasteiger partial charge < -0.3 is 9.64 Å². The predicted molar refractivity (Wildman–Crippen MR) is 125 cm³/mol. The zero-order valence-corrected chi connectivity index (χ0v) is 18.9. The Hall–Kier alpha value is -3.74. The maximum atomic E-state index is 15.4. The fourth-order valence-electron chi connectivity index (χ4n) is 4.03. The third-order valence-electron chi connectivity index (χ3n) is 5.94. The number of nitrogens with one attached hydrogen (secondary N) is 1. The van der Waals surface area contributed by atoms with Crippen molar-refractivity contribution in [2.24, 2.45) is 0 Å². The molecule has 2 aromatic carbocycles. The molecule has 4 aromatic rings. The molecule has 0 aliphatic heterocycles. The second-order valence-electron chi connectivity index (χ2n) is 8.71. The summed E-state index contributed by atoms with van der Waals surface area (Å²) >= 11 is 0. The van der Waals surface area contributed by atoms with Crippen molar-refractivity contribution < 1.29 is 13.9 Å². The lowest BCUT2D eigenvalue weighted by atomic mass is 9.99. The minimum atomic E-state index is -0.469. The Morgan fingerprint density at radius 3 is 2.79 bits per heavy atom. The van der Waals surface area contributed by atoms with Crippen LogP contribution in [0.15, 0.2) is 48.8 Å². The molecule has 1 fully saturated rings. The van der Waals surface area contributed by atoms with E-state index < -0.39 is 5.82 Å². The first-order valence-electron chi connectivity index (χ1n) is 11.0. The van der Waals surface area contributed by atoms with Crippen molar-refractivity contribution in [2.45, 2.75) is 39.3 Å². The second-order valence-corrected chi connectivity index (χ2v) is 8.71. The van der Waals surface area contributed by atoms with Gasteiger partial charge in [-0.1, -0.05) is 29.8 Å². The van der Waals surface area contributed by atoms with E-state index in [1.807, 2.05) is 38.1 Å². The number of halogens is 1. The van der Waals surface area contributed by atoms with Crippen LogP contribution in [0.3, 0.4) is 0 Å². The number of nitrogens with zero attached hydrogens (tertiary/aromatic N) is 3. The molecule has 7 heteroatoms. The maximum absolute atomic E-state index is 15.4. The monoisotopic (exact) mass is 444 g/mol. The van der Waals surface area contributed by atoms with E-state index in [1.165, 1.54) is 6.07 Å². The molecule has 1 amide bonds. The molecule has 0 saturated heterocycles. The summed E-state index contributed by atoms with van der Waals surface area (Å²) in [5.74, 6) is -0.352. The first-order valence-corrected chi connectivity index (χ1v) is 11.0. The molecule has 0 unspecified atom stereocenters. The summed E-state index contributed by atoms with van der Waals surface area (Å²) in [5.41, 5.74) is 4.97. The highest BCUT2D eigenvalue weighted by atomic mass is 19.1. The summed E-state index contributed by atoms with van der Waals surface area (Å²) in [6, 6.07) is 10.6. The number of carbonyl (C=O) groups excluding carboxylic acids is 1. The zero-order chi connectivity index (χ0) is 23.1. The van der Waals surface area contributed by atoms with Crippen LogP contribution in [0.25, 0.3) is 22.0 Å². The molecule has 1 saturated carbocycles. The van der Waals surface area contributed by atoms with E-state index in [0.29, 0.717) is 17.9 Å². The Kier molecular flexibility index (Phi) is 5.32. The highest BCUT2D eigenvalue weighted by Crippen LogP contribution is 2.38. The smallest absolute Gasteiger partial charge is 0.254 e. The summed E-state index contributed by atoms with van der Waals surface area (Å²) < 4.78 is 21.4. The Bertz CT molecular complexity index is 1360. The fourth-order valence-corrected chi connectivity index (χ4v) is 4.03. The first kappa shape index (κ1) is 21.1. The maximum Gasteiger partial charge on any atom is 0.254 e. The molecule has 0 spiro atoms.